The summed E-state index contributed by atoms with van der Waals surface area (Å²) in [5, 5.41) is 8.53. The quantitative estimate of drug-likeness (QED) is 0.225. The first-order chi connectivity index (χ1) is 18.6. The predicted molar refractivity (Wildman–Crippen MR) is 143 cm³/mol. The van der Waals surface area contributed by atoms with Gasteiger partial charge in [0, 0.05) is 43.7 Å². The number of anilines is 2. The summed E-state index contributed by atoms with van der Waals surface area (Å²) in [5.41, 5.74) is -2.97. The zero-order valence-electron chi connectivity index (χ0n) is 21.5. The molecule has 13 heteroatoms. The van der Waals surface area contributed by atoms with Crippen molar-refractivity contribution in [3.8, 4) is 17.6 Å². The summed E-state index contributed by atoms with van der Waals surface area (Å²) in [6.45, 7) is 1.05. The molecule has 1 aliphatic heterocycles. The van der Waals surface area contributed by atoms with Gasteiger partial charge in [-0.3, -0.25) is 9.20 Å². The minimum atomic E-state index is -4.56. The minimum Gasteiger partial charge on any atom is -0.495 e. The molecule has 4 rings (SSSR count). The number of thioether (sulfide) groups is 1. The fourth-order valence-electron chi connectivity index (χ4n) is 4.26. The molecule has 0 bridgehead atoms. The number of nitrogens with zero attached hydrogens (tertiary/aromatic N) is 3. The van der Waals surface area contributed by atoms with Gasteiger partial charge in [-0.1, -0.05) is 5.92 Å². The Morgan fingerprint density at radius 1 is 1.28 bits per heavy atom. The van der Waals surface area contributed by atoms with E-state index in [0.717, 1.165) is 0 Å². The highest BCUT2D eigenvalue weighted by molar-refractivity contribution is 8.00. The number of piperidine rings is 1. The first-order valence-corrected chi connectivity index (χ1v) is 12.9. The van der Waals surface area contributed by atoms with Crippen LogP contribution in [0.2, 0.25) is 0 Å². The zero-order valence-corrected chi connectivity index (χ0v) is 22.3. The largest absolute Gasteiger partial charge is 0.495 e. The summed E-state index contributed by atoms with van der Waals surface area (Å²) in [4.78, 5) is 18.1. The number of aromatic nitrogens is 2. The highest BCUT2D eigenvalue weighted by Gasteiger charge is 2.33. The minimum absolute atomic E-state index is 0.0459. The smallest absolute Gasteiger partial charge is 0.447 e. The molecule has 2 unspecified atom stereocenters. The molecule has 0 spiro atoms. The van der Waals surface area contributed by atoms with E-state index in [2.05, 4.69) is 32.8 Å². The maximum atomic E-state index is 14.6. The maximum absolute atomic E-state index is 14.6. The number of fused-ring (bicyclic) bond motifs is 1. The van der Waals surface area contributed by atoms with Gasteiger partial charge in [-0.2, -0.15) is 13.2 Å². The van der Waals surface area contributed by atoms with Crippen molar-refractivity contribution in [2.24, 2.45) is 0 Å². The Kier molecular flexibility index (Phi) is 8.76. The molecule has 3 heterocycles. The van der Waals surface area contributed by atoms with E-state index in [-0.39, 0.29) is 47.1 Å². The third-order valence-corrected chi connectivity index (χ3v) is 6.98. The lowest BCUT2D eigenvalue weighted by Crippen LogP contribution is -2.46. The fourth-order valence-corrected chi connectivity index (χ4v) is 4.91. The zero-order chi connectivity index (χ0) is 28.2. The number of benzene rings is 1. The Hall–Kier alpha value is -3.63. The summed E-state index contributed by atoms with van der Waals surface area (Å²) in [6, 6.07) is 7.61. The molecule has 1 amide bonds. The number of halogens is 4. The number of alkyl halides is 4. The number of hydrogen-bond acceptors (Lipinski definition) is 7. The van der Waals surface area contributed by atoms with Crippen LogP contribution in [-0.2, 0) is 0 Å². The van der Waals surface area contributed by atoms with Crippen molar-refractivity contribution < 1.29 is 27.1 Å². The van der Waals surface area contributed by atoms with Gasteiger partial charge in [-0.25, -0.2) is 9.37 Å². The lowest BCUT2D eigenvalue weighted by Gasteiger charge is -2.33. The summed E-state index contributed by atoms with van der Waals surface area (Å²) >= 11 is -0.303. The highest BCUT2D eigenvalue weighted by Crippen LogP contribution is 2.39. The highest BCUT2D eigenvalue weighted by atomic mass is 32.2. The summed E-state index contributed by atoms with van der Waals surface area (Å²) in [7, 11) is 4.82. The second-order valence-electron chi connectivity index (χ2n) is 8.90. The third-order valence-electron chi connectivity index (χ3n) is 6.17. The van der Waals surface area contributed by atoms with Crippen molar-refractivity contribution >= 4 is 34.7 Å². The van der Waals surface area contributed by atoms with E-state index in [1.165, 1.54) is 24.8 Å². The van der Waals surface area contributed by atoms with Crippen LogP contribution >= 0.6 is 11.8 Å². The van der Waals surface area contributed by atoms with Crippen LogP contribution in [0.1, 0.15) is 22.5 Å². The SMILES string of the molecule is CNC(=O)c1ccc(NCC#Cc2nc3c(NC4CCN(C)CC4F)cccn3c2SC(F)(F)F)c(OC)c1. The standard InChI is InChI=1S/C26H28F4N6O2S/c1-31-24(37)16-8-9-19(22(14-16)38-3)32-11-4-6-21-25(39-26(28,29)30)36-12-5-7-20(23(36)34-21)33-18-10-13-35(2)15-17(18)27/h5,7-9,12,14,17-18,32-33H,10-11,13,15H2,1-3H3,(H,31,37). The van der Waals surface area contributed by atoms with Gasteiger partial charge in [-0.05, 0) is 49.7 Å². The van der Waals surface area contributed by atoms with Crippen LogP contribution in [0.5, 0.6) is 5.75 Å². The number of rotatable bonds is 7. The van der Waals surface area contributed by atoms with Gasteiger partial charge in [0.2, 0.25) is 0 Å². The van der Waals surface area contributed by atoms with E-state index < -0.39 is 17.7 Å². The average Bonchev–Trinajstić information content (AvgIpc) is 3.24. The molecule has 2 aromatic heterocycles. The monoisotopic (exact) mass is 564 g/mol. The second-order valence-corrected chi connectivity index (χ2v) is 9.95. The molecule has 3 N–H and O–H groups in total. The van der Waals surface area contributed by atoms with Gasteiger partial charge in [0.05, 0.1) is 31.1 Å². The number of carbonyl (C=O) groups is 1. The molecule has 1 fully saturated rings. The van der Waals surface area contributed by atoms with Crippen LogP contribution in [0.25, 0.3) is 5.65 Å². The van der Waals surface area contributed by atoms with Gasteiger partial charge in [0.1, 0.15) is 22.6 Å². The number of methoxy groups -OCH3 is 1. The van der Waals surface area contributed by atoms with E-state index >= 15 is 0 Å². The second kappa shape index (κ2) is 12.0. The Labute approximate surface area is 227 Å². The van der Waals surface area contributed by atoms with Crippen LogP contribution in [0, 0.1) is 11.8 Å². The average molecular weight is 565 g/mol. The van der Waals surface area contributed by atoms with Crippen molar-refractivity contribution in [1.82, 2.24) is 19.6 Å². The molecule has 0 saturated carbocycles. The summed E-state index contributed by atoms with van der Waals surface area (Å²) < 4.78 is 61.6. The number of imidazole rings is 1. The molecule has 2 atom stereocenters. The van der Waals surface area contributed by atoms with E-state index in [4.69, 9.17) is 4.74 Å². The molecule has 1 aliphatic rings. The van der Waals surface area contributed by atoms with Crippen LogP contribution < -0.4 is 20.7 Å². The van der Waals surface area contributed by atoms with E-state index in [1.807, 2.05) is 11.9 Å². The summed E-state index contributed by atoms with van der Waals surface area (Å²) in [6.07, 6.45) is 0.900. The van der Waals surface area contributed by atoms with Gasteiger partial charge < -0.3 is 25.6 Å². The molecular weight excluding hydrogens is 536 g/mol. The van der Waals surface area contributed by atoms with E-state index in [9.17, 15) is 22.4 Å². The predicted octanol–water partition coefficient (Wildman–Crippen LogP) is 4.23. The Balaban J connectivity index is 1.59. The molecule has 3 aromatic rings. The van der Waals surface area contributed by atoms with E-state index in [1.54, 1.807) is 30.3 Å². The van der Waals surface area contributed by atoms with Crippen molar-refractivity contribution in [2.45, 2.75) is 29.2 Å². The third kappa shape index (κ3) is 6.88. The first-order valence-electron chi connectivity index (χ1n) is 12.1. The number of pyridine rings is 1. The molecule has 0 aliphatic carbocycles. The van der Waals surface area contributed by atoms with Crippen molar-refractivity contribution in [1.29, 1.82) is 0 Å². The number of ether oxygens (including phenoxy) is 1. The molecule has 1 aromatic carbocycles. The maximum Gasteiger partial charge on any atom is 0.447 e. The Bertz CT molecular complexity index is 1400. The first kappa shape index (κ1) is 28.4. The van der Waals surface area contributed by atoms with Gasteiger partial charge >= 0.3 is 5.51 Å². The lowest BCUT2D eigenvalue weighted by molar-refractivity contribution is -0.0330. The van der Waals surface area contributed by atoms with Crippen molar-refractivity contribution in [3.05, 3.63) is 47.8 Å². The van der Waals surface area contributed by atoms with Crippen LogP contribution in [-0.4, -0.2) is 78.8 Å². The molecular formula is C26H28F4N6O2S. The Morgan fingerprint density at radius 3 is 2.77 bits per heavy atom. The molecule has 39 heavy (non-hydrogen) atoms. The molecule has 8 nitrogen and oxygen atoms in total. The topological polar surface area (TPSA) is 82.9 Å². The van der Waals surface area contributed by atoms with Crippen LogP contribution in [0.15, 0.2) is 41.6 Å². The molecule has 0 radical (unpaired) electrons. The van der Waals surface area contributed by atoms with Gasteiger partial charge in [-0.15, -0.1) is 0 Å². The Morgan fingerprint density at radius 2 is 2.08 bits per heavy atom. The fraction of sp³-hybridized carbons (Fsp3) is 0.385. The summed E-state index contributed by atoms with van der Waals surface area (Å²) in [5.74, 6) is 5.69. The number of carbonyl (C=O) groups excluding carboxylic acids is 1. The van der Waals surface area contributed by atoms with Crippen LogP contribution in [0.4, 0.5) is 28.9 Å². The normalized spacial score (nSPS) is 17.8. The van der Waals surface area contributed by atoms with Crippen molar-refractivity contribution in [2.75, 3.05) is 51.5 Å². The lowest BCUT2D eigenvalue weighted by atomic mass is 10.0. The number of likely N-dealkylation sites (tertiary alicyclic amines) is 1. The van der Waals surface area contributed by atoms with E-state index in [0.29, 0.717) is 35.7 Å². The molecule has 208 valence electrons. The number of amides is 1. The van der Waals surface area contributed by atoms with Crippen molar-refractivity contribution in [3.63, 3.8) is 0 Å². The molecule has 1 saturated heterocycles. The van der Waals surface area contributed by atoms with Crippen LogP contribution in [0.3, 0.4) is 0 Å². The number of hydrogen-bond donors (Lipinski definition) is 3. The number of nitrogens with one attached hydrogen (secondary N) is 3. The van der Waals surface area contributed by atoms with Gasteiger partial charge in [0.25, 0.3) is 5.91 Å². The van der Waals surface area contributed by atoms with Gasteiger partial charge in [0.15, 0.2) is 5.65 Å².